The average molecular weight is 197 g/mol. The Balaban J connectivity index is 2.12. The fourth-order valence-corrected chi connectivity index (χ4v) is 1.23. The van der Waals surface area contributed by atoms with E-state index in [-0.39, 0.29) is 6.10 Å². The fourth-order valence-electron chi connectivity index (χ4n) is 1.23. The number of aryl methyl sites for hydroxylation is 1. The van der Waals surface area contributed by atoms with Gasteiger partial charge >= 0.3 is 0 Å². The van der Waals surface area contributed by atoms with Gasteiger partial charge in [0.15, 0.2) is 0 Å². The molecule has 0 aliphatic heterocycles. The van der Waals surface area contributed by atoms with Crippen LogP contribution in [0, 0.1) is 0 Å². The Hall–Kier alpha value is -0.870. The summed E-state index contributed by atoms with van der Waals surface area (Å²) in [5.74, 6) is 0. The lowest BCUT2D eigenvalue weighted by Gasteiger charge is -2.14. The minimum absolute atomic E-state index is 0.276. The van der Waals surface area contributed by atoms with Gasteiger partial charge < -0.3 is 10.4 Å². The molecule has 1 rings (SSSR count). The van der Waals surface area contributed by atoms with Crippen molar-refractivity contribution in [2.24, 2.45) is 0 Å². The Labute approximate surface area is 84.9 Å². The summed E-state index contributed by atoms with van der Waals surface area (Å²) in [4.78, 5) is 0. The molecule has 0 spiro atoms. The smallest absolute Gasteiger partial charge is 0.0636 e. The van der Waals surface area contributed by atoms with Crippen LogP contribution in [0.4, 0.5) is 0 Å². The van der Waals surface area contributed by atoms with Crippen molar-refractivity contribution in [2.75, 3.05) is 6.54 Å². The molecule has 1 aromatic heterocycles. The highest BCUT2D eigenvalue weighted by molar-refractivity contribution is 4.78. The predicted molar refractivity (Wildman–Crippen MR) is 56.0 cm³/mol. The van der Waals surface area contributed by atoms with Crippen molar-refractivity contribution in [3.8, 4) is 0 Å². The first-order chi connectivity index (χ1) is 6.68. The van der Waals surface area contributed by atoms with Crippen LogP contribution in [0.15, 0.2) is 18.5 Å². The van der Waals surface area contributed by atoms with Crippen molar-refractivity contribution in [2.45, 2.75) is 39.0 Å². The van der Waals surface area contributed by atoms with Gasteiger partial charge in [-0.15, -0.1) is 0 Å². The Morgan fingerprint density at radius 3 is 2.86 bits per heavy atom. The van der Waals surface area contributed by atoms with E-state index in [9.17, 15) is 0 Å². The van der Waals surface area contributed by atoms with E-state index < -0.39 is 0 Å². The third-order valence-corrected chi connectivity index (χ3v) is 2.11. The monoisotopic (exact) mass is 197 g/mol. The molecular weight excluding hydrogens is 178 g/mol. The van der Waals surface area contributed by atoms with Gasteiger partial charge in [0, 0.05) is 31.5 Å². The molecule has 0 aliphatic rings. The maximum atomic E-state index is 9.07. The first-order valence-electron chi connectivity index (χ1n) is 5.07. The summed E-state index contributed by atoms with van der Waals surface area (Å²) in [6, 6.07) is 2.34. The topological polar surface area (TPSA) is 50.1 Å². The van der Waals surface area contributed by atoms with Crippen LogP contribution in [-0.2, 0) is 6.54 Å². The number of hydrogen-bond acceptors (Lipinski definition) is 3. The molecule has 14 heavy (non-hydrogen) atoms. The van der Waals surface area contributed by atoms with E-state index in [4.69, 9.17) is 5.11 Å². The van der Waals surface area contributed by atoms with Gasteiger partial charge in [0.05, 0.1) is 6.10 Å². The molecule has 2 N–H and O–H groups in total. The van der Waals surface area contributed by atoms with Crippen molar-refractivity contribution in [1.82, 2.24) is 15.1 Å². The summed E-state index contributed by atoms with van der Waals surface area (Å²) in [5.41, 5.74) is 0. The van der Waals surface area contributed by atoms with Gasteiger partial charge in [-0.25, -0.2) is 0 Å². The van der Waals surface area contributed by atoms with E-state index in [1.807, 2.05) is 16.9 Å². The summed E-state index contributed by atoms with van der Waals surface area (Å²) in [6.07, 6.45) is 4.49. The van der Waals surface area contributed by atoms with Gasteiger partial charge in [0.25, 0.3) is 0 Å². The van der Waals surface area contributed by atoms with E-state index in [1.165, 1.54) is 0 Å². The molecule has 0 saturated heterocycles. The molecule has 1 aromatic rings. The highest BCUT2D eigenvalue weighted by atomic mass is 16.3. The van der Waals surface area contributed by atoms with Crippen molar-refractivity contribution in [3.63, 3.8) is 0 Å². The minimum Gasteiger partial charge on any atom is -0.392 e. The SMILES string of the molecule is CC(O)CNC(C)CCn1cccn1. The van der Waals surface area contributed by atoms with Crippen LogP contribution in [0.25, 0.3) is 0 Å². The number of aliphatic hydroxyl groups excluding tert-OH is 1. The number of rotatable bonds is 6. The Morgan fingerprint density at radius 1 is 1.50 bits per heavy atom. The lowest BCUT2D eigenvalue weighted by molar-refractivity contribution is 0.185. The second kappa shape index (κ2) is 5.78. The van der Waals surface area contributed by atoms with Crippen LogP contribution in [0.1, 0.15) is 20.3 Å². The first-order valence-corrected chi connectivity index (χ1v) is 5.07. The lowest BCUT2D eigenvalue weighted by atomic mass is 10.2. The third-order valence-electron chi connectivity index (χ3n) is 2.11. The number of nitrogens with zero attached hydrogens (tertiary/aromatic N) is 2. The molecule has 0 fully saturated rings. The molecular formula is C10H19N3O. The number of nitrogens with one attached hydrogen (secondary N) is 1. The molecule has 80 valence electrons. The van der Waals surface area contributed by atoms with Crippen molar-refractivity contribution >= 4 is 0 Å². The summed E-state index contributed by atoms with van der Waals surface area (Å²) < 4.78 is 1.92. The zero-order chi connectivity index (χ0) is 10.4. The molecule has 0 aliphatic carbocycles. The van der Waals surface area contributed by atoms with Gasteiger partial charge in [0.1, 0.15) is 0 Å². The van der Waals surface area contributed by atoms with Crippen LogP contribution in [0.2, 0.25) is 0 Å². The van der Waals surface area contributed by atoms with E-state index in [0.29, 0.717) is 12.6 Å². The zero-order valence-corrected chi connectivity index (χ0v) is 8.85. The number of aromatic nitrogens is 2. The third kappa shape index (κ3) is 4.39. The van der Waals surface area contributed by atoms with E-state index in [2.05, 4.69) is 17.3 Å². The van der Waals surface area contributed by atoms with Crippen molar-refractivity contribution in [3.05, 3.63) is 18.5 Å². The normalized spacial score (nSPS) is 15.4. The molecule has 4 heteroatoms. The van der Waals surface area contributed by atoms with E-state index >= 15 is 0 Å². The molecule has 0 aromatic carbocycles. The summed E-state index contributed by atoms with van der Waals surface area (Å²) in [6.45, 7) is 5.47. The van der Waals surface area contributed by atoms with Gasteiger partial charge in [-0.3, -0.25) is 4.68 Å². The maximum Gasteiger partial charge on any atom is 0.0636 e. The number of hydrogen-bond donors (Lipinski definition) is 2. The Bertz CT molecular complexity index is 234. The van der Waals surface area contributed by atoms with E-state index in [0.717, 1.165) is 13.0 Å². The molecule has 2 atom stereocenters. The standard InChI is InChI=1S/C10H19N3O/c1-9(11-8-10(2)14)4-7-13-6-3-5-12-13/h3,5-6,9-11,14H,4,7-8H2,1-2H3. The van der Waals surface area contributed by atoms with E-state index in [1.54, 1.807) is 13.1 Å². The van der Waals surface area contributed by atoms with Crippen LogP contribution in [0.5, 0.6) is 0 Å². The van der Waals surface area contributed by atoms with Crippen LogP contribution in [0.3, 0.4) is 0 Å². The molecule has 2 unspecified atom stereocenters. The second-order valence-corrected chi connectivity index (χ2v) is 3.72. The highest BCUT2D eigenvalue weighted by Gasteiger charge is 2.03. The summed E-state index contributed by atoms with van der Waals surface area (Å²) >= 11 is 0. The molecule has 0 radical (unpaired) electrons. The van der Waals surface area contributed by atoms with Crippen molar-refractivity contribution < 1.29 is 5.11 Å². The van der Waals surface area contributed by atoms with Gasteiger partial charge in [0.2, 0.25) is 0 Å². The highest BCUT2D eigenvalue weighted by Crippen LogP contribution is 1.95. The Kier molecular flexibility index (Phi) is 4.62. The number of aliphatic hydroxyl groups is 1. The van der Waals surface area contributed by atoms with Gasteiger partial charge in [-0.1, -0.05) is 0 Å². The van der Waals surface area contributed by atoms with Gasteiger partial charge in [-0.05, 0) is 26.3 Å². The molecule has 4 nitrogen and oxygen atoms in total. The molecule has 0 amide bonds. The van der Waals surface area contributed by atoms with Gasteiger partial charge in [-0.2, -0.15) is 5.10 Å². The van der Waals surface area contributed by atoms with Crippen LogP contribution >= 0.6 is 0 Å². The largest absolute Gasteiger partial charge is 0.392 e. The maximum absolute atomic E-state index is 9.07. The summed E-state index contributed by atoms with van der Waals surface area (Å²) in [7, 11) is 0. The quantitative estimate of drug-likeness (QED) is 0.703. The minimum atomic E-state index is -0.276. The Morgan fingerprint density at radius 2 is 2.29 bits per heavy atom. The zero-order valence-electron chi connectivity index (χ0n) is 8.85. The van der Waals surface area contributed by atoms with Crippen LogP contribution < -0.4 is 5.32 Å². The second-order valence-electron chi connectivity index (χ2n) is 3.72. The van der Waals surface area contributed by atoms with Crippen molar-refractivity contribution in [1.29, 1.82) is 0 Å². The van der Waals surface area contributed by atoms with Crippen LogP contribution in [-0.4, -0.2) is 33.6 Å². The fraction of sp³-hybridized carbons (Fsp3) is 0.700. The molecule has 0 bridgehead atoms. The first kappa shape index (κ1) is 11.2. The molecule has 0 saturated carbocycles. The average Bonchev–Trinajstić information content (AvgIpc) is 2.63. The predicted octanol–water partition coefficient (Wildman–Crippen LogP) is 0.632. The lowest BCUT2D eigenvalue weighted by Crippen LogP contribution is -2.33. The summed E-state index contributed by atoms with van der Waals surface area (Å²) in [5, 5.41) is 16.4. The molecule has 1 heterocycles.